The van der Waals surface area contributed by atoms with Gasteiger partial charge in [0.25, 0.3) is 0 Å². The number of nitrogens with zero attached hydrogens (tertiary/aromatic N) is 2. The summed E-state index contributed by atoms with van der Waals surface area (Å²) in [5.41, 5.74) is 5.61. The van der Waals surface area contributed by atoms with E-state index in [2.05, 4.69) is 52.0 Å². The van der Waals surface area contributed by atoms with Crippen LogP contribution >= 0.6 is 0 Å². The molecule has 3 aromatic rings. The highest BCUT2D eigenvalue weighted by Gasteiger charge is 2.37. The predicted octanol–water partition coefficient (Wildman–Crippen LogP) is 5.83. The predicted molar refractivity (Wildman–Crippen MR) is 116 cm³/mol. The van der Waals surface area contributed by atoms with Crippen molar-refractivity contribution >= 4 is 5.78 Å². The Morgan fingerprint density at radius 2 is 1.79 bits per heavy atom. The lowest BCUT2D eigenvalue weighted by Gasteiger charge is -2.29. The monoisotopic (exact) mass is 388 g/mol. The number of rotatable bonds is 4. The van der Waals surface area contributed by atoms with Gasteiger partial charge in [-0.3, -0.25) is 4.79 Å². The van der Waals surface area contributed by atoms with Gasteiger partial charge < -0.3 is 4.74 Å². The minimum absolute atomic E-state index is 0.0780. The number of aromatic nitrogens is 2. The van der Waals surface area contributed by atoms with E-state index < -0.39 is 0 Å². The second-order valence-electron chi connectivity index (χ2n) is 9.00. The van der Waals surface area contributed by atoms with E-state index in [9.17, 15) is 4.79 Å². The largest absolute Gasteiger partial charge is 0.497 e. The van der Waals surface area contributed by atoms with E-state index in [1.165, 1.54) is 5.56 Å². The fraction of sp³-hybridized carbons (Fsp3) is 0.360. The van der Waals surface area contributed by atoms with Crippen LogP contribution in [-0.4, -0.2) is 22.7 Å². The van der Waals surface area contributed by atoms with Crippen molar-refractivity contribution in [3.05, 3.63) is 65.4 Å². The van der Waals surface area contributed by atoms with Gasteiger partial charge in [0.1, 0.15) is 11.4 Å². The zero-order chi connectivity index (χ0) is 20.8. The zero-order valence-corrected chi connectivity index (χ0v) is 17.8. The van der Waals surface area contributed by atoms with Crippen LogP contribution in [0.2, 0.25) is 0 Å². The third kappa shape index (κ3) is 3.59. The fourth-order valence-corrected chi connectivity index (χ4v) is 4.13. The van der Waals surface area contributed by atoms with E-state index >= 15 is 0 Å². The number of methoxy groups -OCH3 is 1. The molecule has 1 aliphatic carbocycles. The summed E-state index contributed by atoms with van der Waals surface area (Å²) in [7, 11) is 1.65. The van der Waals surface area contributed by atoms with Gasteiger partial charge in [-0.1, -0.05) is 52.0 Å². The molecule has 1 heterocycles. The van der Waals surface area contributed by atoms with E-state index in [0.717, 1.165) is 40.4 Å². The van der Waals surface area contributed by atoms with Crippen LogP contribution in [0.4, 0.5) is 0 Å². The summed E-state index contributed by atoms with van der Waals surface area (Å²) in [6, 6.07) is 16.3. The first kappa shape index (κ1) is 19.4. The highest BCUT2D eigenvalue weighted by atomic mass is 16.5. The minimum Gasteiger partial charge on any atom is -0.497 e. The summed E-state index contributed by atoms with van der Waals surface area (Å²) in [4.78, 5) is 13.2. The van der Waals surface area contributed by atoms with Crippen molar-refractivity contribution in [1.82, 2.24) is 9.78 Å². The number of carbonyl (C=O) groups excluding carboxylic acids is 1. The summed E-state index contributed by atoms with van der Waals surface area (Å²) in [6.07, 6.45) is 1.35. The number of ether oxygens (including phenoxy) is 1. The normalized spacial score (nSPS) is 15.4. The molecular formula is C25H28N2O2. The molecule has 0 atom stereocenters. The van der Waals surface area contributed by atoms with Crippen LogP contribution in [-0.2, 0) is 6.42 Å². The average molecular weight is 389 g/mol. The lowest BCUT2D eigenvalue weighted by molar-refractivity contribution is 0.0911. The molecule has 4 heteroatoms. The number of hydrogen-bond acceptors (Lipinski definition) is 3. The molecule has 0 radical (unpaired) electrons. The van der Waals surface area contributed by atoms with Gasteiger partial charge in [0.05, 0.1) is 24.1 Å². The van der Waals surface area contributed by atoms with Gasteiger partial charge in [0.2, 0.25) is 0 Å². The molecule has 2 aromatic carbocycles. The van der Waals surface area contributed by atoms with Crippen LogP contribution in [0.25, 0.3) is 16.9 Å². The van der Waals surface area contributed by atoms with E-state index in [4.69, 9.17) is 9.84 Å². The summed E-state index contributed by atoms with van der Waals surface area (Å²) in [5, 5.41) is 4.94. The Bertz CT molecular complexity index is 1060. The Morgan fingerprint density at radius 1 is 1.07 bits per heavy atom. The maximum Gasteiger partial charge on any atom is 0.167 e. The summed E-state index contributed by atoms with van der Waals surface area (Å²) < 4.78 is 7.35. The van der Waals surface area contributed by atoms with Crippen LogP contribution in [0.1, 0.15) is 61.6 Å². The SMILES string of the molecule is COc1cccc(-c2nn(-c3ccc(C(C)C)cc3)c3c2C(=O)CC(C)(C)C3)c1. The highest BCUT2D eigenvalue weighted by Crippen LogP contribution is 2.40. The molecule has 0 spiro atoms. The van der Waals surface area contributed by atoms with Crippen LogP contribution in [0.15, 0.2) is 48.5 Å². The van der Waals surface area contributed by atoms with Crippen molar-refractivity contribution in [3.63, 3.8) is 0 Å². The number of ketones is 1. The van der Waals surface area contributed by atoms with E-state index in [1.54, 1.807) is 7.11 Å². The molecule has 0 aliphatic heterocycles. The summed E-state index contributed by atoms with van der Waals surface area (Å²) in [6.45, 7) is 8.68. The fourth-order valence-electron chi connectivity index (χ4n) is 4.13. The van der Waals surface area contributed by atoms with Gasteiger partial charge >= 0.3 is 0 Å². The Kier molecular flexibility index (Phi) is 4.81. The van der Waals surface area contributed by atoms with Crippen molar-refractivity contribution in [2.24, 2.45) is 5.41 Å². The minimum atomic E-state index is -0.0780. The lowest BCUT2D eigenvalue weighted by Crippen LogP contribution is -2.28. The number of hydrogen-bond donors (Lipinski definition) is 0. The molecule has 0 bridgehead atoms. The molecule has 4 nitrogen and oxygen atoms in total. The van der Waals surface area contributed by atoms with Crippen LogP contribution in [0.3, 0.4) is 0 Å². The Labute approximate surface area is 172 Å². The van der Waals surface area contributed by atoms with Gasteiger partial charge in [-0.05, 0) is 47.6 Å². The average Bonchev–Trinajstić information content (AvgIpc) is 3.06. The smallest absolute Gasteiger partial charge is 0.167 e. The molecule has 0 saturated heterocycles. The van der Waals surface area contributed by atoms with Gasteiger partial charge in [0.15, 0.2) is 5.78 Å². The molecule has 0 unspecified atom stereocenters. The molecule has 29 heavy (non-hydrogen) atoms. The number of Topliss-reactive ketones (excluding diaryl/α,β-unsaturated/α-hetero) is 1. The molecule has 1 aromatic heterocycles. The van der Waals surface area contributed by atoms with Gasteiger partial charge in [-0.25, -0.2) is 4.68 Å². The highest BCUT2D eigenvalue weighted by molar-refractivity contribution is 6.04. The molecule has 0 amide bonds. The van der Waals surface area contributed by atoms with Crippen LogP contribution in [0, 0.1) is 5.41 Å². The maximum atomic E-state index is 13.2. The summed E-state index contributed by atoms with van der Waals surface area (Å²) in [5.74, 6) is 1.40. The Hall–Kier alpha value is -2.88. The number of benzene rings is 2. The maximum absolute atomic E-state index is 13.2. The number of fused-ring (bicyclic) bond motifs is 1. The molecule has 0 N–H and O–H groups in total. The standard InChI is InChI=1S/C25H28N2O2/c1-16(2)17-9-11-19(12-10-17)27-21-14-25(3,4)15-22(28)23(21)24(26-27)18-7-6-8-20(13-18)29-5/h6-13,16H,14-15H2,1-5H3. The number of carbonyl (C=O) groups is 1. The first-order chi connectivity index (χ1) is 13.8. The lowest BCUT2D eigenvalue weighted by atomic mass is 9.75. The third-order valence-electron chi connectivity index (χ3n) is 5.69. The zero-order valence-electron chi connectivity index (χ0n) is 17.8. The third-order valence-corrected chi connectivity index (χ3v) is 5.69. The molecule has 0 saturated carbocycles. The van der Waals surface area contributed by atoms with Crippen molar-refractivity contribution in [3.8, 4) is 22.7 Å². The Balaban J connectivity index is 1.91. The van der Waals surface area contributed by atoms with Gasteiger partial charge in [0, 0.05) is 12.0 Å². The molecule has 1 aliphatic rings. The van der Waals surface area contributed by atoms with Crippen molar-refractivity contribution < 1.29 is 9.53 Å². The van der Waals surface area contributed by atoms with Crippen molar-refractivity contribution in [2.45, 2.75) is 46.5 Å². The van der Waals surface area contributed by atoms with E-state index in [-0.39, 0.29) is 11.2 Å². The quantitative estimate of drug-likeness (QED) is 0.565. The van der Waals surface area contributed by atoms with Crippen LogP contribution in [0.5, 0.6) is 5.75 Å². The van der Waals surface area contributed by atoms with Gasteiger partial charge in [-0.2, -0.15) is 5.10 Å². The first-order valence-electron chi connectivity index (χ1n) is 10.2. The molecular weight excluding hydrogens is 360 g/mol. The summed E-state index contributed by atoms with van der Waals surface area (Å²) >= 11 is 0. The van der Waals surface area contributed by atoms with E-state index in [0.29, 0.717) is 12.3 Å². The van der Waals surface area contributed by atoms with Crippen LogP contribution < -0.4 is 4.74 Å². The molecule has 150 valence electrons. The molecule has 4 rings (SSSR count). The second-order valence-corrected chi connectivity index (χ2v) is 9.00. The first-order valence-corrected chi connectivity index (χ1v) is 10.2. The van der Waals surface area contributed by atoms with Crippen molar-refractivity contribution in [1.29, 1.82) is 0 Å². The molecule has 0 fully saturated rings. The van der Waals surface area contributed by atoms with Crippen molar-refractivity contribution in [2.75, 3.05) is 7.11 Å². The van der Waals surface area contributed by atoms with Gasteiger partial charge in [-0.15, -0.1) is 0 Å². The topological polar surface area (TPSA) is 44.1 Å². The Morgan fingerprint density at radius 3 is 2.45 bits per heavy atom. The van der Waals surface area contributed by atoms with E-state index in [1.807, 2.05) is 28.9 Å². The second kappa shape index (κ2) is 7.18.